The quantitative estimate of drug-likeness (QED) is 0.362. The number of nitrogens with one attached hydrogen (secondary N) is 1. The number of morpholine rings is 1. The molecule has 0 spiro atoms. The second kappa shape index (κ2) is 11.7. The van der Waals surface area contributed by atoms with Crippen LogP contribution in [0.4, 0.5) is 5.69 Å². The van der Waals surface area contributed by atoms with Crippen LogP contribution < -0.4 is 10.2 Å². The van der Waals surface area contributed by atoms with Gasteiger partial charge in [-0.05, 0) is 18.1 Å². The molecule has 0 aliphatic carbocycles. The molecule has 8 heteroatoms. The Bertz CT molecular complexity index is 616. The molecule has 1 atom stereocenters. The summed E-state index contributed by atoms with van der Waals surface area (Å²) in [6, 6.07) is 7.56. The zero-order chi connectivity index (χ0) is 19.1. The number of aliphatic imine (C=N–C) groups is 1. The Balaban J connectivity index is 0.00000280. The maximum atomic E-state index is 10.1. The number of hydrogen-bond acceptors (Lipinski definition) is 5. The average Bonchev–Trinajstić information content (AvgIpc) is 2.70. The number of hydrogen-bond donors (Lipinski definition) is 2. The first-order chi connectivity index (χ1) is 13.2. The first-order valence-electron chi connectivity index (χ1n) is 9.96. The van der Waals surface area contributed by atoms with E-state index in [0.717, 1.165) is 77.2 Å². The molecule has 1 aromatic carbocycles. The first kappa shape index (κ1) is 23.0. The fourth-order valence-electron chi connectivity index (χ4n) is 3.78. The summed E-state index contributed by atoms with van der Waals surface area (Å²) in [4.78, 5) is 11.5. The fourth-order valence-corrected chi connectivity index (χ4v) is 3.78. The van der Waals surface area contributed by atoms with E-state index in [1.54, 1.807) is 6.07 Å². The van der Waals surface area contributed by atoms with Crippen molar-refractivity contribution in [2.75, 3.05) is 77.5 Å². The van der Waals surface area contributed by atoms with Gasteiger partial charge in [0.15, 0.2) is 5.96 Å². The minimum atomic E-state index is 0. The molecule has 2 aliphatic heterocycles. The lowest BCUT2D eigenvalue weighted by molar-refractivity contribution is 0.0320. The highest BCUT2D eigenvalue weighted by atomic mass is 127. The summed E-state index contributed by atoms with van der Waals surface area (Å²) in [7, 11) is 1.85. The highest BCUT2D eigenvalue weighted by molar-refractivity contribution is 14.0. The van der Waals surface area contributed by atoms with Gasteiger partial charge in [-0.1, -0.05) is 19.1 Å². The molecule has 7 nitrogen and oxygen atoms in total. The average molecular weight is 503 g/mol. The van der Waals surface area contributed by atoms with Gasteiger partial charge in [-0.2, -0.15) is 0 Å². The molecule has 1 unspecified atom stereocenters. The molecule has 2 aliphatic rings. The van der Waals surface area contributed by atoms with Crippen molar-refractivity contribution < 1.29 is 9.84 Å². The van der Waals surface area contributed by atoms with Crippen LogP contribution in [0.3, 0.4) is 0 Å². The molecule has 0 amide bonds. The summed E-state index contributed by atoms with van der Waals surface area (Å²) in [6.07, 6.45) is 0. The summed E-state index contributed by atoms with van der Waals surface area (Å²) in [5.74, 6) is 1.88. The molecule has 0 radical (unpaired) electrons. The molecule has 3 rings (SSSR count). The van der Waals surface area contributed by atoms with E-state index in [2.05, 4.69) is 31.9 Å². The van der Waals surface area contributed by atoms with Gasteiger partial charge in [0.2, 0.25) is 0 Å². The summed E-state index contributed by atoms with van der Waals surface area (Å²) in [6.45, 7) is 11.6. The number of piperazine rings is 1. The molecule has 158 valence electrons. The van der Waals surface area contributed by atoms with Gasteiger partial charge in [-0.25, -0.2) is 0 Å². The number of ether oxygens (including phenoxy) is 1. The predicted octanol–water partition coefficient (Wildman–Crippen LogP) is 1.68. The molecule has 2 fully saturated rings. The highest BCUT2D eigenvalue weighted by Gasteiger charge is 2.22. The van der Waals surface area contributed by atoms with E-state index in [4.69, 9.17) is 4.74 Å². The second-order valence-corrected chi connectivity index (χ2v) is 7.41. The number of guanidine groups is 1. The van der Waals surface area contributed by atoms with E-state index < -0.39 is 0 Å². The minimum absolute atomic E-state index is 0. The SMILES string of the molecule is CN=C(NCC(C)CN1CCOCC1)N1CCN(c2ccccc2O)CC1.I. The Labute approximate surface area is 185 Å². The van der Waals surface area contributed by atoms with Crippen molar-refractivity contribution in [3.8, 4) is 5.75 Å². The van der Waals surface area contributed by atoms with Crippen molar-refractivity contribution in [3.05, 3.63) is 24.3 Å². The maximum Gasteiger partial charge on any atom is 0.193 e. The van der Waals surface area contributed by atoms with Gasteiger partial charge in [0.25, 0.3) is 0 Å². The number of phenolic OH excluding ortho intramolecular Hbond substituents is 1. The number of phenols is 1. The van der Waals surface area contributed by atoms with Crippen LogP contribution in [0, 0.1) is 5.92 Å². The summed E-state index contributed by atoms with van der Waals surface area (Å²) in [5.41, 5.74) is 0.916. The lowest BCUT2D eigenvalue weighted by Gasteiger charge is -2.38. The molecule has 1 aromatic rings. The number of halogens is 1. The van der Waals surface area contributed by atoms with Crippen LogP contribution in [-0.4, -0.2) is 93.5 Å². The first-order valence-corrected chi connectivity index (χ1v) is 9.96. The van der Waals surface area contributed by atoms with Crippen LogP contribution in [0.1, 0.15) is 6.92 Å². The van der Waals surface area contributed by atoms with Gasteiger partial charge >= 0.3 is 0 Å². The second-order valence-electron chi connectivity index (χ2n) is 7.41. The van der Waals surface area contributed by atoms with Crippen LogP contribution >= 0.6 is 24.0 Å². The Hall–Kier alpha value is -1.26. The van der Waals surface area contributed by atoms with Crippen molar-refractivity contribution in [1.29, 1.82) is 0 Å². The topological polar surface area (TPSA) is 63.6 Å². The number of para-hydroxylation sites is 2. The predicted molar refractivity (Wildman–Crippen MR) is 125 cm³/mol. The van der Waals surface area contributed by atoms with Gasteiger partial charge in [-0.3, -0.25) is 9.89 Å². The molecule has 0 aromatic heterocycles. The van der Waals surface area contributed by atoms with Crippen molar-refractivity contribution >= 4 is 35.6 Å². The molecule has 28 heavy (non-hydrogen) atoms. The molecular weight excluding hydrogens is 469 g/mol. The third kappa shape index (κ3) is 6.38. The Morgan fingerprint density at radius 1 is 1.14 bits per heavy atom. The maximum absolute atomic E-state index is 10.1. The van der Waals surface area contributed by atoms with Gasteiger partial charge in [0.05, 0.1) is 18.9 Å². The Morgan fingerprint density at radius 2 is 1.82 bits per heavy atom. The third-order valence-corrected chi connectivity index (χ3v) is 5.30. The van der Waals surface area contributed by atoms with E-state index in [0.29, 0.717) is 11.7 Å². The standard InChI is InChI=1S/C20H33N5O2.HI/c1-17(16-23-11-13-27-14-12-23)15-22-20(21-2)25-9-7-24(8-10-25)18-5-3-4-6-19(18)26;/h3-6,17,26H,7-16H2,1-2H3,(H,21,22);1H. The van der Waals surface area contributed by atoms with Crippen molar-refractivity contribution in [1.82, 2.24) is 15.1 Å². The zero-order valence-electron chi connectivity index (χ0n) is 17.0. The molecule has 2 heterocycles. The van der Waals surface area contributed by atoms with Crippen molar-refractivity contribution in [2.45, 2.75) is 6.92 Å². The van der Waals surface area contributed by atoms with E-state index in [1.807, 2.05) is 25.2 Å². The molecule has 2 saturated heterocycles. The number of rotatable bonds is 5. The third-order valence-electron chi connectivity index (χ3n) is 5.30. The summed E-state index contributed by atoms with van der Waals surface area (Å²) < 4.78 is 5.42. The van der Waals surface area contributed by atoms with Crippen LogP contribution in [0.15, 0.2) is 29.3 Å². The number of nitrogens with zero attached hydrogens (tertiary/aromatic N) is 4. The summed E-state index contributed by atoms with van der Waals surface area (Å²) >= 11 is 0. The minimum Gasteiger partial charge on any atom is -0.506 e. The Kier molecular flexibility index (Phi) is 9.60. The van der Waals surface area contributed by atoms with Gasteiger partial charge in [-0.15, -0.1) is 24.0 Å². The van der Waals surface area contributed by atoms with Crippen molar-refractivity contribution in [2.24, 2.45) is 10.9 Å². The zero-order valence-corrected chi connectivity index (χ0v) is 19.3. The van der Waals surface area contributed by atoms with Gasteiger partial charge in [0, 0.05) is 59.4 Å². The van der Waals surface area contributed by atoms with Crippen LogP contribution in [0.5, 0.6) is 5.75 Å². The normalized spacial score (nSPS) is 19.9. The van der Waals surface area contributed by atoms with Crippen LogP contribution in [0.2, 0.25) is 0 Å². The van der Waals surface area contributed by atoms with E-state index in [9.17, 15) is 5.11 Å². The number of aromatic hydroxyl groups is 1. The van der Waals surface area contributed by atoms with E-state index in [-0.39, 0.29) is 24.0 Å². The number of anilines is 1. The van der Waals surface area contributed by atoms with E-state index in [1.165, 1.54) is 0 Å². The lowest BCUT2D eigenvalue weighted by atomic mass is 10.1. The van der Waals surface area contributed by atoms with Gasteiger partial charge in [0.1, 0.15) is 5.75 Å². The lowest BCUT2D eigenvalue weighted by Crippen LogP contribution is -2.53. The summed E-state index contributed by atoms with van der Waals surface area (Å²) in [5, 5.41) is 13.6. The van der Waals surface area contributed by atoms with Crippen LogP contribution in [0.25, 0.3) is 0 Å². The molecule has 2 N–H and O–H groups in total. The Morgan fingerprint density at radius 3 is 2.46 bits per heavy atom. The molecule has 0 saturated carbocycles. The molecule has 0 bridgehead atoms. The number of benzene rings is 1. The molecular formula is C20H34IN5O2. The monoisotopic (exact) mass is 503 g/mol. The highest BCUT2D eigenvalue weighted by Crippen LogP contribution is 2.27. The van der Waals surface area contributed by atoms with Crippen LogP contribution in [-0.2, 0) is 4.74 Å². The smallest absolute Gasteiger partial charge is 0.193 e. The van der Waals surface area contributed by atoms with E-state index >= 15 is 0 Å². The fraction of sp³-hybridized carbons (Fsp3) is 0.650. The van der Waals surface area contributed by atoms with Crippen molar-refractivity contribution in [3.63, 3.8) is 0 Å². The van der Waals surface area contributed by atoms with Gasteiger partial charge < -0.3 is 25.0 Å². The largest absolute Gasteiger partial charge is 0.506 e.